The fourth-order valence-electron chi connectivity index (χ4n) is 2.95. The summed E-state index contributed by atoms with van der Waals surface area (Å²) < 4.78 is 0. The molecular formula is C21H20BNO5. The molecule has 2 rings (SSSR count). The molecule has 142 valence electrons. The lowest BCUT2D eigenvalue weighted by molar-refractivity contribution is -0.133. The predicted molar refractivity (Wildman–Crippen MR) is 106 cm³/mol. The molecule has 0 unspecified atom stereocenters. The van der Waals surface area contributed by atoms with Gasteiger partial charge in [-0.2, -0.15) is 0 Å². The van der Waals surface area contributed by atoms with Crippen molar-refractivity contribution in [3.63, 3.8) is 0 Å². The van der Waals surface area contributed by atoms with Crippen molar-refractivity contribution in [1.29, 1.82) is 0 Å². The normalized spacial score (nSPS) is 11.1. The van der Waals surface area contributed by atoms with Crippen molar-refractivity contribution in [2.24, 2.45) is 0 Å². The SMILES string of the molecule is [B]/C=C(\NC(=O)c1c(C)cc(C(=O)CCc2cccc(O)c2)cc1C)C(=O)O. The van der Waals surface area contributed by atoms with E-state index in [1.54, 1.807) is 44.2 Å². The van der Waals surface area contributed by atoms with Gasteiger partial charge in [-0.05, 0) is 61.2 Å². The molecule has 2 aromatic carbocycles. The Hall–Kier alpha value is -3.35. The number of carboxylic acid groups (broad SMARTS) is 1. The highest BCUT2D eigenvalue weighted by Gasteiger charge is 2.18. The molecule has 0 bridgehead atoms. The van der Waals surface area contributed by atoms with Crippen LogP contribution in [0.5, 0.6) is 5.75 Å². The van der Waals surface area contributed by atoms with Crippen LogP contribution in [0.4, 0.5) is 0 Å². The number of Topliss-reactive ketones (excluding diaryl/α,β-unsaturated/α-hetero) is 1. The zero-order valence-electron chi connectivity index (χ0n) is 15.7. The van der Waals surface area contributed by atoms with E-state index in [0.717, 1.165) is 11.5 Å². The van der Waals surface area contributed by atoms with Crippen LogP contribution in [0, 0.1) is 13.8 Å². The van der Waals surface area contributed by atoms with Crippen molar-refractivity contribution >= 4 is 25.5 Å². The van der Waals surface area contributed by atoms with Crippen molar-refractivity contribution in [3.05, 3.63) is 75.9 Å². The molecule has 0 atom stereocenters. The molecule has 0 saturated heterocycles. The summed E-state index contributed by atoms with van der Waals surface area (Å²) in [5.74, 6) is -1.07. The van der Waals surface area contributed by atoms with E-state index in [9.17, 15) is 19.5 Å². The molecule has 0 aliphatic heterocycles. The first-order chi connectivity index (χ1) is 13.2. The van der Waals surface area contributed by atoms with E-state index in [1.807, 2.05) is 6.07 Å². The first kappa shape index (κ1) is 21.0. The van der Waals surface area contributed by atoms with Gasteiger partial charge >= 0.3 is 5.97 Å². The van der Waals surface area contributed by atoms with Crippen molar-refractivity contribution in [1.82, 2.24) is 5.32 Å². The summed E-state index contributed by atoms with van der Waals surface area (Å²) in [6, 6.07) is 9.96. The number of phenols is 1. The minimum absolute atomic E-state index is 0.0884. The zero-order valence-corrected chi connectivity index (χ0v) is 15.7. The van der Waals surface area contributed by atoms with Crippen molar-refractivity contribution in [3.8, 4) is 5.75 Å². The largest absolute Gasteiger partial charge is 0.508 e. The fourth-order valence-corrected chi connectivity index (χ4v) is 2.95. The number of carboxylic acids is 1. The number of ketones is 1. The predicted octanol–water partition coefficient (Wildman–Crippen LogP) is 2.65. The summed E-state index contributed by atoms with van der Waals surface area (Å²) in [7, 11) is 5.21. The van der Waals surface area contributed by atoms with Crippen LogP contribution in [0.1, 0.15) is 43.8 Å². The van der Waals surface area contributed by atoms with Gasteiger partial charge in [0, 0.05) is 17.5 Å². The van der Waals surface area contributed by atoms with Crippen LogP contribution in [0.2, 0.25) is 0 Å². The average molecular weight is 377 g/mol. The second kappa shape index (κ2) is 9.04. The third-order valence-corrected chi connectivity index (χ3v) is 4.28. The number of carbonyl (C=O) groups is 3. The Morgan fingerprint density at radius 3 is 2.29 bits per heavy atom. The first-order valence-electron chi connectivity index (χ1n) is 8.61. The second-order valence-corrected chi connectivity index (χ2v) is 6.42. The quantitative estimate of drug-likeness (QED) is 0.391. The molecule has 0 aliphatic carbocycles. The number of nitrogens with one attached hydrogen (secondary N) is 1. The van der Waals surface area contributed by atoms with E-state index in [2.05, 4.69) is 5.32 Å². The second-order valence-electron chi connectivity index (χ2n) is 6.42. The van der Waals surface area contributed by atoms with Gasteiger partial charge < -0.3 is 15.5 Å². The van der Waals surface area contributed by atoms with Crippen LogP contribution in [0.3, 0.4) is 0 Å². The van der Waals surface area contributed by atoms with E-state index >= 15 is 0 Å². The zero-order chi connectivity index (χ0) is 20.8. The van der Waals surface area contributed by atoms with Gasteiger partial charge in [0.25, 0.3) is 5.91 Å². The van der Waals surface area contributed by atoms with Crippen LogP contribution < -0.4 is 5.32 Å². The summed E-state index contributed by atoms with van der Waals surface area (Å²) in [5.41, 5.74) is 2.31. The summed E-state index contributed by atoms with van der Waals surface area (Å²) >= 11 is 0. The van der Waals surface area contributed by atoms with Gasteiger partial charge in [0.15, 0.2) is 5.78 Å². The maximum absolute atomic E-state index is 12.5. The number of aromatic hydroxyl groups is 1. The average Bonchev–Trinajstić information content (AvgIpc) is 2.63. The molecule has 28 heavy (non-hydrogen) atoms. The first-order valence-corrected chi connectivity index (χ1v) is 8.61. The van der Waals surface area contributed by atoms with E-state index in [-0.39, 0.29) is 18.0 Å². The van der Waals surface area contributed by atoms with Gasteiger partial charge in [0.2, 0.25) is 0 Å². The van der Waals surface area contributed by atoms with E-state index in [0.29, 0.717) is 28.7 Å². The van der Waals surface area contributed by atoms with Gasteiger partial charge in [0.05, 0.1) is 0 Å². The van der Waals surface area contributed by atoms with Gasteiger partial charge in [-0.25, -0.2) is 4.79 Å². The molecule has 2 radical (unpaired) electrons. The molecule has 0 aliphatic rings. The van der Waals surface area contributed by atoms with Crippen molar-refractivity contribution in [2.75, 3.05) is 0 Å². The fraction of sp³-hybridized carbons (Fsp3) is 0.190. The monoisotopic (exact) mass is 377 g/mol. The smallest absolute Gasteiger partial charge is 0.351 e. The number of phenolic OH excluding ortho intramolecular Hbond substituents is 1. The third kappa shape index (κ3) is 5.10. The van der Waals surface area contributed by atoms with Gasteiger partial charge in [-0.3, -0.25) is 9.59 Å². The lowest BCUT2D eigenvalue weighted by atomic mass is 9.94. The summed E-state index contributed by atoms with van der Waals surface area (Å²) in [6.45, 7) is 3.36. The van der Waals surface area contributed by atoms with Crippen molar-refractivity contribution in [2.45, 2.75) is 26.7 Å². The molecule has 2 aromatic rings. The molecule has 0 fully saturated rings. The van der Waals surface area contributed by atoms with Crippen LogP contribution in [-0.2, 0) is 11.2 Å². The molecule has 7 heteroatoms. The topological polar surface area (TPSA) is 104 Å². The number of hydrogen-bond acceptors (Lipinski definition) is 4. The molecule has 0 aromatic heterocycles. The maximum Gasteiger partial charge on any atom is 0.351 e. The molecule has 1 amide bonds. The van der Waals surface area contributed by atoms with E-state index in [1.165, 1.54) is 0 Å². The lowest BCUT2D eigenvalue weighted by Gasteiger charge is -2.13. The highest BCUT2D eigenvalue weighted by Crippen LogP contribution is 2.20. The molecule has 3 N–H and O–H groups in total. The highest BCUT2D eigenvalue weighted by molar-refractivity contribution is 6.20. The van der Waals surface area contributed by atoms with Crippen LogP contribution >= 0.6 is 0 Å². The number of aliphatic carboxylic acids is 1. The van der Waals surface area contributed by atoms with E-state index < -0.39 is 17.6 Å². The summed E-state index contributed by atoms with van der Waals surface area (Å²) in [4.78, 5) is 35.9. The number of carbonyl (C=O) groups excluding carboxylic acids is 2. The minimum atomic E-state index is -1.34. The highest BCUT2D eigenvalue weighted by atomic mass is 16.4. The van der Waals surface area contributed by atoms with Gasteiger partial charge in [0.1, 0.15) is 19.3 Å². The van der Waals surface area contributed by atoms with Crippen LogP contribution in [0.25, 0.3) is 0 Å². The Kier molecular flexibility index (Phi) is 6.76. The Balaban J connectivity index is 2.17. The maximum atomic E-state index is 12.5. The molecule has 0 saturated carbocycles. The standard InChI is InChI=1S/C21H20BNO5/c1-12-8-15(18(25)7-6-14-4-3-5-16(24)10-14)9-13(2)19(12)20(26)23-17(11-22)21(27)28/h3-5,8-11,24H,6-7H2,1-2H3,(H,23,26)(H,27,28)/b17-11-. The van der Waals surface area contributed by atoms with Gasteiger partial charge in [-0.1, -0.05) is 12.1 Å². The lowest BCUT2D eigenvalue weighted by Crippen LogP contribution is -2.28. The Bertz CT molecular complexity index is 942. The third-order valence-electron chi connectivity index (χ3n) is 4.28. The molecule has 0 heterocycles. The minimum Gasteiger partial charge on any atom is -0.508 e. The number of hydrogen-bond donors (Lipinski definition) is 3. The van der Waals surface area contributed by atoms with Crippen molar-refractivity contribution < 1.29 is 24.6 Å². The van der Waals surface area contributed by atoms with Crippen LogP contribution in [-0.4, -0.2) is 35.7 Å². The Labute approximate surface area is 164 Å². The van der Waals surface area contributed by atoms with E-state index in [4.69, 9.17) is 13.0 Å². The number of aryl methyl sites for hydroxylation is 3. The molecular weight excluding hydrogens is 357 g/mol. The number of amides is 1. The number of rotatable bonds is 7. The number of benzene rings is 2. The molecule has 6 nitrogen and oxygen atoms in total. The molecule has 0 spiro atoms. The van der Waals surface area contributed by atoms with Crippen LogP contribution in [0.15, 0.2) is 48.1 Å². The summed E-state index contributed by atoms with van der Waals surface area (Å²) in [6.07, 6.45) is 0.740. The van der Waals surface area contributed by atoms with Gasteiger partial charge in [-0.15, -0.1) is 5.98 Å². The Morgan fingerprint density at radius 2 is 1.75 bits per heavy atom. The Morgan fingerprint density at radius 1 is 1.11 bits per heavy atom. The summed E-state index contributed by atoms with van der Waals surface area (Å²) in [5, 5.41) is 20.7.